The van der Waals surface area contributed by atoms with Crippen LogP contribution in [-0.2, 0) is 6.54 Å². The van der Waals surface area contributed by atoms with Gasteiger partial charge in [-0.25, -0.2) is 0 Å². The van der Waals surface area contributed by atoms with Crippen molar-refractivity contribution in [2.45, 2.75) is 45.2 Å². The second-order valence-corrected chi connectivity index (χ2v) is 5.71. The summed E-state index contributed by atoms with van der Waals surface area (Å²) in [5.41, 5.74) is 6.75. The summed E-state index contributed by atoms with van der Waals surface area (Å²) in [6.45, 7) is 3.18. The van der Waals surface area contributed by atoms with E-state index in [9.17, 15) is 0 Å². The number of hydrogen-bond acceptors (Lipinski definition) is 5. The third-order valence-corrected chi connectivity index (χ3v) is 4.11. The molecule has 2 rings (SSSR count). The van der Waals surface area contributed by atoms with Gasteiger partial charge in [-0.3, -0.25) is 4.90 Å². The Labute approximate surface area is 101 Å². The molecule has 16 heavy (non-hydrogen) atoms. The first kappa shape index (κ1) is 11.8. The number of anilines is 1. The van der Waals surface area contributed by atoms with Crippen molar-refractivity contribution in [2.24, 2.45) is 5.92 Å². The maximum Gasteiger partial charge on any atom is 0.132 e. The zero-order valence-corrected chi connectivity index (χ0v) is 10.8. The van der Waals surface area contributed by atoms with Crippen molar-refractivity contribution in [3.05, 3.63) is 5.69 Å². The Kier molecular flexibility index (Phi) is 3.76. The number of nitrogens with two attached hydrogens (primary N) is 1. The lowest BCUT2D eigenvalue weighted by atomic mass is 9.86. The van der Waals surface area contributed by atoms with Crippen molar-refractivity contribution < 1.29 is 0 Å². The molecule has 90 valence electrons. The molecule has 2 N–H and O–H groups in total. The van der Waals surface area contributed by atoms with Gasteiger partial charge in [0.25, 0.3) is 0 Å². The van der Waals surface area contributed by atoms with Crippen LogP contribution in [0.25, 0.3) is 0 Å². The molecular weight excluding hydrogens is 220 g/mol. The highest BCUT2D eigenvalue weighted by atomic mass is 32.1. The summed E-state index contributed by atoms with van der Waals surface area (Å²) >= 11 is 1.28. The van der Waals surface area contributed by atoms with Crippen LogP contribution in [0.4, 0.5) is 5.00 Å². The standard InChI is InChI=1S/C11H20N4S/c1-8-4-3-5-9(6-8)15(2)7-10-11(12)16-14-13-10/h8-9H,3-7,12H2,1-2H3. The molecular formula is C11H20N4S. The third kappa shape index (κ3) is 2.71. The number of rotatable bonds is 3. The van der Waals surface area contributed by atoms with Gasteiger partial charge in [0.05, 0.1) is 0 Å². The zero-order chi connectivity index (χ0) is 11.5. The molecule has 0 spiro atoms. The maximum atomic E-state index is 5.81. The van der Waals surface area contributed by atoms with Crippen molar-refractivity contribution >= 4 is 16.5 Å². The van der Waals surface area contributed by atoms with Crippen LogP contribution in [0.5, 0.6) is 0 Å². The molecule has 1 heterocycles. The third-order valence-electron chi connectivity index (χ3n) is 3.52. The lowest BCUT2D eigenvalue weighted by Gasteiger charge is -2.33. The van der Waals surface area contributed by atoms with E-state index in [0.717, 1.165) is 23.2 Å². The molecule has 1 aliphatic carbocycles. The van der Waals surface area contributed by atoms with E-state index in [1.165, 1.54) is 37.2 Å². The van der Waals surface area contributed by atoms with Crippen LogP contribution >= 0.6 is 11.5 Å². The van der Waals surface area contributed by atoms with E-state index in [0.29, 0.717) is 6.04 Å². The maximum absolute atomic E-state index is 5.81. The average molecular weight is 240 g/mol. The predicted molar refractivity (Wildman–Crippen MR) is 67.2 cm³/mol. The minimum absolute atomic E-state index is 0.685. The number of nitrogens with zero attached hydrogens (tertiary/aromatic N) is 3. The summed E-state index contributed by atoms with van der Waals surface area (Å²) in [5.74, 6) is 0.854. The molecule has 1 aromatic heterocycles. The van der Waals surface area contributed by atoms with Crippen LogP contribution in [0.3, 0.4) is 0 Å². The second kappa shape index (κ2) is 5.10. The molecule has 1 saturated carbocycles. The molecule has 0 amide bonds. The molecule has 5 heteroatoms. The smallest absolute Gasteiger partial charge is 0.132 e. The Morgan fingerprint density at radius 2 is 2.31 bits per heavy atom. The van der Waals surface area contributed by atoms with Crippen LogP contribution in [0.15, 0.2) is 0 Å². The van der Waals surface area contributed by atoms with E-state index >= 15 is 0 Å². The van der Waals surface area contributed by atoms with Gasteiger partial charge in [-0.1, -0.05) is 24.3 Å². The summed E-state index contributed by atoms with van der Waals surface area (Å²) in [6.07, 6.45) is 5.33. The Hall–Kier alpha value is -0.680. The first-order valence-electron chi connectivity index (χ1n) is 5.93. The molecule has 1 fully saturated rings. The largest absolute Gasteiger partial charge is 0.388 e. The van der Waals surface area contributed by atoms with Gasteiger partial charge in [-0.15, -0.1) is 5.10 Å². The van der Waals surface area contributed by atoms with E-state index in [4.69, 9.17) is 5.73 Å². The molecule has 0 bridgehead atoms. The normalized spacial score (nSPS) is 26.2. The van der Waals surface area contributed by atoms with Gasteiger partial charge in [-0.05, 0) is 25.8 Å². The lowest BCUT2D eigenvalue weighted by Crippen LogP contribution is -2.35. The Bertz CT molecular complexity index is 338. The van der Waals surface area contributed by atoms with E-state index < -0.39 is 0 Å². The Morgan fingerprint density at radius 1 is 1.50 bits per heavy atom. The Morgan fingerprint density at radius 3 is 2.94 bits per heavy atom. The second-order valence-electron chi connectivity index (χ2n) is 4.92. The zero-order valence-electron chi connectivity index (χ0n) is 10.0. The summed E-state index contributed by atoms with van der Waals surface area (Å²) in [4.78, 5) is 2.38. The van der Waals surface area contributed by atoms with Crippen LogP contribution in [0.2, 0.25) is 0 Å². The van der Waals surface area contributed by atoms with E-state index in [1.54, 1.807) is 0 Å². The first-order chi connectivity index (χ1) is 7.66. The molecule has 1 aromatic rings. The fourth-order valence-corrected chi connectivity index (χ4v) is 2.93. The van der Waals surface area contributed by atoms with Crippen LogP contribution in [-0.4, -0.2) is 27.6 Å². The van der Waals surface area contributed by atoms with Gasteiger partial charge in [0.1, 0.15) is 10.7 Å². The minimum atomic E-state index is 0.685. The molecule has 2 atom stereocenters. The van der Waals surface area contributed by atoms with Gasteiger partial charge in [0, 0.05) is 24.1 Å². The molecule has 0 aliphatic heterocycles. The molecule has 0 aromatic carbocycles. The van der Waals surface area contributed by atoms with Crippen molar-refractivity contribution in [1.29, 1.82) is 0 Å². The van der Waals surface area contributed by atoms with Gasteiger partial charge in [0.2, 0.25) is 0 Å². The van der Waals surface area contributed by atoms with Crippen LogP contribution < -0.4 is 5.73 Å². The fourth-order valence-electron chi connectivity index (χ4n) is 2.49. The molecule has 2 unspecified atom stereocenters. The van der Waals surface area contributed by atoms with Crippen molar-refractivity contribution in [1.82, 2.24) is 14.5 Å². The summed E-state index contributed by atoms with van der Waals surface area (Å²) in [5, 5.41) is 4.83. The molecule has 1 aliphatic rings. The molecule has 0 radical (unpaired) electrons. The van der Waals surface area contributed by atoms with E-state index in [-0.39, 0.29) is 0 Å². The highest BCUT2D eigenvalue weighted by molar-refractivity contribution is 7.09. The van der Waals surface area contributed by atoms with Gasteiger partial charge in [-0.2, -0.15) is 0 Å². The van der Waals surface area contributed by atoms with E-state index in [2.05, 4.69) is 28.5 Å². The number of hydrogen-bond donors (Lipinski definition) is 1. The summed E-state index contributed by atoms with van der Waals surface area (Å²) in [7, 11) is 2.17. The fraction of sp³-hybridized carbons (Fsp3) is 0.818. The van der Waals surface area contributed by atoms with E-state index in [1.807, 2.05) is 0 Å². The number of nitrogen functional groups attached to an aromatic ring is 1. The SMILES string of the molecule is CC1CCCC(N(C)Cc2nnsc2N)C1. The van der Waals surface area contributed by atoms with Crippen LogP contribution in [0, 0.1) is 5.92 Å². The van der Waals surface area contributed by atoms with Crippen LogP contribution in [0.1, 0.15) is 38.3 Å². The quantitative estimate of drug-likeness (QED) is 0.879. The van der Waals surface area contributed by atoms with Gasteiger partial charge < -0.3 is 5.73 Å². The minimum Gasteiger partial charge on any atom is -0.388 e. The monoisotopic (exact) mass is 240 g/mol. The lowest BCUT2D eigenvalue weighted by molar-refractivity contribution is 0.156. The molecule has 4 nitrogen and oxygen atoms in total. The highest BCUT2D eigenvalue weighted by Crippen LogP contribution is 2.27. The predicted octanol–water partition coefficient (Wildman–Crippen LogP) is 2.13. The summed E-state index contributed by atoms with van der Waals surface area (Å²) in [6, 6.07) is 0.685. The average Bonchev–Trinajstić information content (AvgIpc) is 2.64. The first-order valence-corrected chi connectivity index (χ1v) is 6.71. The number of aromatic nitrogens is 2. The topological polar surface area (TPSA) is 55.0 Å². The van der Waals surface area contributed by atoms with Crippen molar-refractivity contribution in [3.8, 4) is 0 Å². The highest BCUT2D eigenvalue weighted by Gasteiger charge is 2.23. The molecule has 0 saturated heterocycles. The summed E-state index contributed by atoms with van der Waals surface area (Å²) < 4.78 is 3.87. The van der Waals surface area contributed by atoms with Gasteiger partial charge >= 0.3 is 0 Å². The van der Waals surface area contributed by atoms with Crippen molar-refractivity contribution in [2.75, 3.05) is 12.8 Å². The Balaban J connectivity index is 1.92. The van der Waals surface area contributed by atoms with Crippen molar-refractivity contribution in [3.63, 3.8) is 0 Å². The van der Waals surface area contributed by atoms with Gasteiger partial charge in [0.15, 0.2) is 0 Å².